The molecule has 2 rings (SSSR count). The fourth-order valence-corrected chi connectivity index (χ4v) is 2.07. The molecule has 1 unspecified atom stereocenters. The quantitative estimate of drug-likeness (QED) is 0.882. The molecule has 0 amide bonds. The molecule has 0 aliphatic rings. The van der Waals surface area contributed by atoms with Crippen LogP contribution in [0.25, 0.3) is 0 Å². The molecular formula is C16H15NO2. The van der Waals surface area contributed by atoms with E-state index in [1.165, 1.54) is 0 Å². The first-order chi connectivity index (χ1) is 9.10. The summed E-state index contributed by atoms with van der Waals surface area (Å²) in [5, 5.41) is 27.9. The van der Waals surface area contributed by atoms with E-state index in [0.717, 1.165) is 16.7 Å². The Morgan fingerprint density at radius 2 is 1.68 bits per heavy atom. The van der Waals surface area contributed by atoms with Gasteiger partial charge in [-0.2, -0.15) is 5.26 Å². The number of phenols is 2. The van der Waals surface area contributed by atoms with Gasteiger partial charge >= 0.3 is 0 Å². The van der Waals surface area contributed by atoms with Gasteiger partial charge in [0.2, 0.25) is 0 Å². The number of nitrogens with zero attached hydrogens (tertiary/aromatic N) is 1. The lowest BCUT2D eigenvalue weighted by molar-refractivity contribution is 0.474. The second kappa shape index (κ2) is 5.45. The van der Waals surface area contributed by atoms with Crippen LogP contribution in [-0.2, 0) is 6.42 Å². The number of rotatable bonds is 3. The maximum atomic E-state index is 9.38. The molecule has 0 aliphatic heterocycles. The number of hydrogen-bond donors (Lipinski definition) is 2. The van der Waals surface area contributed by atoms with Gasteiger partial charge in [-0.05, 0) is 54.3 Å². The van der Waals surface area contributed by atoms with E-state index in [1.807, 2.05) is 13.0 Å². The highest BCUT2D eigenvalue weighted by Crippen LogP contribution is 2.25. The molecule has 0 spiro atoms. The molecule has 0 saturated carbocycles. The van der Waals surface area contributed by atoms with Gasteiger partial charge in [-0.15, -0.1) is 0 Å². The molecule has 0 bridgehead atoms. The summed E-state index contributed by atoms with van der Waals surface area (Å²) in [7, 11) is 0. The molecule has 2 aromatic rings. The van der Waals surface area contributed by atoms with Crippen molar-refractivity contribution >= 4 is 0 Å². The molecule has 0 aliphatic carbocycles. The summed E-state index contributed by atoms with van der Waals surface area (Å²) >= 11 is 0. The molecule has 0 heterocycles. The highest BCUT2D eigenvalue weighted by molar-refractivity contribution is 5.38. The van der Waals surface area contributed by atoms with Crippen LogP contribution in [0.4, 0.5) is 0 Å². The molecule has 0 saturated heterocycles. The summed E-state index contributed by atoms with van der Waals surface area (Å²) in [5.41, 5.74) is 2.89. The molecule has 2 N–H and O–H groups in total. The van der Waals surface area contributed by atoms with Crippen molar-refractivity contribution in [3.05, 3.63) is 59.2 Å². The highest BCUT2D eigenvalue weighted by atomic mass is 16.3. The van der Waals surface area contributed by atoms with Crippen LogP contribution in [0.3, 0.4) is 0 Å². The van der Waals surface area contributed by atoms with Crippen LogP contribution in [-0.4, -0.2) is 10.2 Å². The van der Waals surface area contributed by atoms with Crippen molar-refractivity contribution in [2.45, 2.75) is 19.3 Å². The SMILES string of the molecule is Cc1cc(O)ccc1CC(C#N)c1ccc(O)cc1. The van der Waals surface area contributed by atoms with E-state index in [4.69, 9.17) is 0 Å². The van der Waals surface area contributed by atoms with Gasteiger partial charge in [0.25, 0.3) is 0 Å². The monoisotopic (exact) mass is 253 g/mol. The predicted molar refractivity (Wildman–Crippen MR) is 73.0 cm³/mol. The van der Waals surface area contributed by atoms with Crippen LogP contribution in [0, 0.1) is 18.3 Å². The van der Waals surface area contributed by atoms with Crippen molar-refractivity contribution in [2.24, 2.45) is 0 Å². The Hall–Kier alpha value is -2.47. The number of benzene rings is 2. The first-order valence-electron chi connectivity index (χ1n) is 6.07. The van der Waals surface area contributed by atoms with E-state index < -0.39 is 0 Å². The third-order valence-electron chi connectivity index (χ3n) is 3.20. The number of aryl methyl sites for hydroxylation is 1. The van der Waals surface area contributed by atoms with E-state index in [2.05, 4.69) is 6.07 Å². The summed E-state index contributed by atoms with van der Waals surface area (Å²) in [5.74, 6) is 0.171. The molecule has 3 heteroatoms. The molecule has 0 fully saturated rings. The largest absolute Gasteiger partial charge is 0.508 e. The molecule has 19 heavy (non-hydrogen) atoms. The first kappa shape index (κ1) is 13.0. The lowest BCUT2D eigenvalue weighted by Crippen LogP contribution is -2.01. The minimum Gasteiger partial charge on any atom is -0.508 e. The Balaban J connectivity index is 2.24. The third-order valence-corrected chi connectivity index (χ3v) is 3.20. The lowest BCUT2D eigenvalue weighted by atomic mass is 9.91. The van der Waals surface area contributed by atoms with Crippen molar-refractivity contribution in [3.63, 3.8) is 0 Å². The second-order valence-electron chi connectivity index (χ2n) is 4.59. The molecule has 0 radical (unpaired) electrons. The van der Waals surface area contributed by atoms with Gasteiger partial charge in [0.05, 0.1) is 12.0 Å². The van der Waals surface area contributed by atoms with Gasteiger partial charge in [-0.25, -0.2) is 0 Å². The first-order valence-corrected chi connectivity index (χ1v) is 6.07. The molecule has 0 aromatic heterocycles. The number of phenolic OH excluding ortho intramolecular Hbond substituents is 2. The zero-order chi connectivity index (χ0) is 13.8. The van der Waals surface area contributed by atoms with Crippen molar-refractivity contribution in [2.75, 3.05) is 0 Å². The van der Waals surface area contributed by atoms with Gasteiger partial charge in [0, 0.05) is 0 Å². The summed E-state index contributed by atoms with van der Waals surface area (Å²) in [6, 6.07) is 14.2. The Kier molecular flexibility index (Phi) is 3.72. The summed E-state index contributed by atoms with van der Waals surface area (Å²) in [6.07, 6.45) is 0.591. The van der Waals surface area contributed by atoms with Gasteiger partial charge in [-0.1, -0.05) is 18.2 Å². The Bertz CT molecular complexity index is 612. The molecule has 3 nitrogen and oxygen atoms in total. The van der Waals surface area contributed by atoms with Gasteiger partial charge in [0.1, 0.15) is 11.5 Å². The lowest BCUT2D eigenvalue weighted by Gasteiger charge is -2.12. The maximum absolute atomic E-state index is 9.38. The van der Waals surface area contributed by atoms with E-state index >= 15 is 0 Å². The summed E-state index contributed by atoms with van der Waals surface area (Å²) < 4.78 is 0. The average Bonchev–Trinajstić information content (AvgIpc) is 2.39. The van der Waals surface area contributed by atoms with E-state index in [9.17, 15) is 15.5 Å². The summed E-state index contributed by atoms with van der Waals surface area (Å²) in [6.45, 7) is 1.92. The fraction of sp³-hybridized carbons (Fsp3) is 0.188. The fourth-order valence-electron chi connectivity index (χ4n) is 2.07. The highest BCUT2D eigenvalue weighted by Gasteiger charge is 2.13. The van der Waals surface area contributed by atoms with Crippen LogP contribution in [0.1, 0.15) is 22.6 Å². The van der Waals surface area contributed by atoms with Gasteiger partial charge in [0.15, 0.2) is 0 Å². The van der Waals surface area contributed by atoms with Crippen LogP contribution >= 0.6 is 0 Å². The zero-order valence-electron chi connectivity index (χ0n) is 10.7. The van der Waals surface area contributed by atoms with Crippen LogP contribution in [0.5, 0.6) is 11.5 Å². The molecule has 1 atom stereocenters. The zero-order valence-corrected chi connectivity index (χ0v) is 10.7. The average molecular weight is 253 g/mol. The second-order valence-corrected chi connectivity index (χ2v) is 4.59. The van der Waals surface area contributed by atoms with Gasteiger partial charge < -0.3 is 10.2 Å². The van der Waals surface area contributed by atoms with E-state index in [-0.39, 0.29) is 17.4 Å². The van der Waals surface area contributed by atoms with Crippen molar-refractivity contribution in [1.82, 2.24) is 0 Å². The summed E-state index contributed by atoms with van der Waals surface area (Å²) in [4.78, 5) is 0. The van der Waals surface area contributed by atoms with Crippen LogP contribution < -0.4 is 0 Å². The Morgan fingerprint density at radius 3 is 2.26 bits per heavy atom. The van der Waals surface area contributed by atoms with Crippen molar-refractivity contribution in [1.29, 1.82) is 5.26 Å². The molecular weight excluding hydrogens is 238 g/mol. The standard InChI is InChI=1S/C16H15NO2/c1-11-8-16(19)7-4-13(11)9-14(10-17)12-2-5-15(18)6-3-12/h2-8,14,18-19H,9H2,1H3. The smallest absolute Gasteiger partial charge is 0.115 e. The van der Waals surface area contributed by atoms with Crippen LogP contribution in [0.15, 0.2) is 42.5 Å². The third kappa shape index (κ3) is 3.05. The molecule has 96 valence electrons. The normalized spacial score (nSPS) is 11.8. The van der Waals surface area contributed by atoms with Crippen molar-refractivity contribution < 1.29 is 10.2 Å². The van der Waals surface area contributed by atoms with E-state index in [1.54, 1.807) is 36.4 Å². The minimum atomic E-state index is -0.260. The van der Waals surface area contributed by atoms with Gasteiger partial charge in [-0.3, -0.25) is 0 Å². The van der Waals surface area contributed by atoms with E-state index in [0.29, 0.717) is 6.42 Å². The van der Waals surface area contributed by atoms with Crippen molar-refractivity contribution in [3.8, 4) is 17.6 Å². The topological polar surface area (TPSA) is 64.2 Å². The Labute approximate surface area is 112 Å². The van der Waals surface area contributed by atoms with Crippen LogP contribution in [0.2, 0.25) is 0 Å². The maximum Gasteiger partial charge on any atom is 0.115 e. The number of nitriles is 1. The molecule has 2 aromatic carbocycles. The number of aromatic hydroxyl groups is 2. The predicted octanol–water partition coefficient (Wildman–Crippen LogP) is 3.26. The number of hydrogen-bond acceptors (Lipinski definition) is 3. The minimum absolute atomic E-state index is 0.196. The Morgan fingerprint density at radius 1 is 1.05 bits per heavy atom.